The zero-order valence-corrected chi connectivity index (χ0v) is 7.55. The number of ether oxygens (including phenoxy) is 2. The first-order valence-electron chi connectivity index (χ1n) is 3.81. The van der Waals surface area contributed by atoms with Crippen LogP contribution in [-0.2, 0) is 19.1 Å². The third-order valence-electron chi connectivity index (χ3n) is 1.62. The summed E-state index contributed by atoms with van der Waals surface area (Å²) in [6.07, 6.45) is 0. The van der Waals surface area contributed by atoms with E-state index in [1.165, 1.54) is 14.0 Å². The van der Waals surface area contributed by atoms with Crippen LogP contribution in [0.25, 0.3) is 0 Å². The summed E-state index contributed by atoms with van der Waals surface area (Å²) in [6.45, 7) is 1.83. The van der Waals surface area contributed by atoms with E-state index >= 15 is 0 Å². The Morgan fingerprint density at radius 1 is 1.46 bits per heavy atom. The summed E-state index contributed by atoms with van der Waals surface area (Å²) in [7, 11) is 1.29. The van der Waals surface area contributed by atoms with E-state index in [1.54, 1.807) is 0 Å². The van der Waals surface area contributed by atoms with Crippen molar-refractivity contribution in [2.24, 2.45) is 0 Å². The van der Waals surface area contributed by atoms with E-state index < -0.39 is 5.97 Å². The Kier molecular flexibility index (Phi) is 3.02. The number of amides is 1. The van der Waals surface area contributed by atoms with Crippen LogP contribution in [0.1, 0.15) is 6.92 Å². The summed E-state index contributed by atoms with van der Waals surface area (Å²) in [6, 6.07) is 0. The van der Waals surface area contributed by atoms with Crippen molar-refractivity contribution in [2.75, 3.05) is 20.3 Å². The molecule has 0 spiro atoms. The molecule has 1 N–H and O–H groups in total. The molecule has 72 valence electrons. The van der Waals surface area contributed by atoms with Crippen LogP contribution in [-0.4, -0.2) is 32.2 Å². The van der Waals surface area contributed by atoms with Gasteiger partial charge in [-0.25, -0.2) is 4.79 Å². The van der Waals surface area contributed by atoms with Crippen LogP contribution < -0.4 is 5.32 Å². The molecule has 1 amide bonds. The summed E-state index contributed by atoms with van der Waals surface area (Å²) in [5.74, 6) is -0.678. The highest BCUT2D eigenvalue weighted by Crippen LogP contribution is 2.12. The minimum atomic E-state index is -0.457. The normalized spacial score (nSPS) is 15.8. The Morgan fingerprint density at radius 2 is 2.15 bits per heavy atom. The molecule has 1 heterocycles. The van der Waals surface area contributed by atoms with Crippen LogP contribution in [0.15, 0.2) is 11.3 Å². The predicted octanol–water partition coefficient (Wildman–Crippen LogP) is -0.420. The van der Waals surface area contributed by atoms with E-state index in [9.17, 15) is 9.59 Å². The molecule has 1 aliphatic rings. The van der Waals surface area contributed by atoms with Gasteiger partial charge in [-0.3, -0.25) is 4.79 Å². The predicted molar refractivity (Wildman–Crippen MR) is 43.7 cm³/mol. The van der Waals surface area contributed by atoms with E-state index in [-0.39, 0.29) is 19.1 Å². The molecule has 0 saturated heterocycles. The molecule has 0 aromatic rings. The molecule has 1 aliphatic heterocycles. The van der Waals surface area contributed by atoms with Gasteiger partial charge in [0.2, 0.25) is 5.91 Å². The molecule has 5 heteroatoms. The van der Waals surface area contributed by atoms with E-state index in [4.69, 9.17) is 4.74 Å². The highest BCUT2D eigenvalue weighted by molar-refractivity contribution is 5.91. The second kappa shape index (κ2) is 4.04. The topological polar surface area (TPSA) is 64.6 Å². The van der Waals surface area contributed by atoms with Gasteiger partial charge in [-0.05, 0) is 0 Å². The first-order valence-corrected chi connectivity index (χ1v) is 3.81. The van der Waals surface area contributed by atoms with Crippen molar-refractivity contribution in [3.05, 3.63) is 11.3 Å². The third kappa shape index (κ3) is 2.29. The SMILES string of the molecule is COC(=O)C1=C(NC(C)=O)COC1. The maximum absolute atomic E-state index is 11.1. The fraction of sp³-hybridized carbons (Fsp3) is 0.500. The largest absolute Gasteiger partial charge is 0.466 e. The first-order chi connectivity index (χ1) is 6.15. The van der Waals surface area contributed by atoms with Gasteiger partial charge in [0.15, 0.2) is 0 Å². The molecule has 0 radical (unpaired) electrons. The number of rotatable bonds is 2. The molecule has 5 nitrogen and oxygen atoms in total. The number of carbonyl (C=O) groups excluding carboxylic acids is 2. The standard InChI is InChI=1S/C8H11NO4/c1-5(10)9-7-4-13-3-6(7)8(11)12-2/h3-4H2,1-2H3,(H,9,10). The molecular formula is C8H11NO4. The van der Waals surface area contributed by atoms with Crippen molar-refractivity contribution < 1.29 is 19.1 Å². The molecule has 0 saturated carbocycles. The molecule has 0 aromatic carbocycles. The Balaban J connectivity index is 2.76. The minimum Gasteiger partial charge on any atom is -0.466 e. The molecule has 0 unspecified atom stereocenters. The molecule has 0 fully saturated rings. The van der Waals surface area contributed by atoms with Gasteiger partial charge in [-0.2, -0.15) is 0 Å². The van der Waals surface area contributed by atoms with Crippen molar-refractivity contribution in [1.82, 2.24) is 5.32 Å². The van der Waals surface area contributed by atoms with Crippen molar-refractivity contribution in [2.45, 2.75) is 6.92 Å². The molecule has 0 aliphatic carbocycles. The van der Waals surface area contributed by atoms with Gasteiger partial charge in [0, 0.05) is 6.92 Å². The maximum atomic E-state index is 11.1. The van der Waals surface area contributed by atoms with Crippen molar-refractivity contribution >= 4 is 11.9 Å². The van der Waals surface area contributed by atoms with Gasteiger partial charge in [0.05, 0.1) is 31.6 Å². The Bertz CT molecular complexity index is 269. The fourth-order valence-corrected chi connectivity index (χ4v) is 1.06. The van der Waals surface area contributed by atoms with Crippen LogP contribution in [0.4, 0.5) is 0 Å². The number of methoxy groups -OCH3 is 1. The Labute approximate surface area is 75.7 Å². The lowest BCUT2D eigenvalue weighted by Gasteiger charge is -2.03. The quantitative estimate of drug-likeness (QED) is 0.593. The molecule has 13 heavy (non-hydrogen) atoms. The van der Waals surface area contributed by atoms with Crippen LogP contribution >= 0.6 is 0 Å². The van der Waals surface area contributed by atoms with E-state index in [0.29, 0.717) is 11.3 Å². The highest BCUT2D eigenvalue weighted by atomic mass is 16.5. The van der Waals surface area contributed by atoms with Gasteiger partial charge in [0.1, 0.15) is 0 Å². The van der Waals surface area contributed by atoms with Gasteiger partial charge in [0.25, 0.3) is 0 Å². The number of hydrogen-bond donors (Lipinski definition) is 1. The Morgan fingerprint density at radius 3 is 2.69 bits per heavy atom. The van der Waals surface area contributed by atoms with Crippen LogP contribution in [0.3, 0.4) is 0 Å². The van der Waals surface area contributed by atoms with Gasteiger partial charge in [-0.1, -0.05) is 0 Å². The summed E-state index contributed by atoms with van der Waals surface area (Å²) in [5.41, 5.74) is 0.886. The number of esters is 1. The van der Waals surface area contributed by atoms with Gasteiger partial charge in [-0.15, -0.1) is 0 Å². The fourth-order valence-electron chi connectivity index (χ4n) is 1.06. The minimum absolute atomic E-state index is 0.197. The van der Waals surface area contributed by atoms with Crippen molar-refractivity contribution in [3.8, 4) is 0 Å². The summed E-state index contributed by atoms with van der Waals surface area (Å²) < 4.78 is 9.52. The Hall–Kier alpha value is -1.36. The van der Waals surface area contributed by atoms with E-state index in [0.717, 1.165) is 0 Å². The monoisotopic (exact) mass is 185 g/mol. The second-order valence-electron chi connectivity index (χ2n) is 2.62. The van der Waals surface area contributed by atoms with Crippen LogP contribution in [0.2, 0.25) is 0 Å². The molecular weight excluding hydrogens is 174 g/mol. The number of hydrogen-bond acceptors (Lipinski definition) is 4. The average molecular weight is 185 g/mol. The lowest BCUT2D eigenvalue weighted by Crippen LogP contribution is -2.22. The summed E-state index contributed by atoms with van der Waals surface area (Å²) in [5, 5.41) is 2.52. The first kappa shape index (κ1) is 9.73. The van der Waals surface area contributed by atoms with Crippen molar-refractivity contribution in [1.29, 1.82) is 0 Å². The summed E-state index contributed by atoms with van der Waals surface area (Å²) in [4.78, 5) is 21.8. The number of nitrogens with one attached hydrogen (secondary N) is 1. The van der Waals surface area contributed by atoms with Crippen LogP contribution in [0, 0.1) is 0 Å². The molecule has 0 aromatic heterocycles. The van der Waals surface area contributed by atoms with Gasteiger partial charge >= 0.3 is 5.97 Å². The van der Waals surface area contributed by atoms with E-state index in [2.05, 4.69) is 10.1 Å². The maximum Gasteiger partial charge on any atom is 0.337 e. The average Bonchev–Trinajstić information content (AvgIpc) is 2.50. The smallest absolute Gasteiger partial charge is 0.337 e. The van der Waals surface area contributed by atoms with Gasteiger partial charge < -0.3 is 14.8 Å². The lowest BCUT2D eigenvalue weighted by atomic mass is 10.2. The summed E-state index contributed by atoms with van der Waals surface area (Å²) >= 11 is 0. The molecule has 1 rings (SSSR count). The van der Waals surface area contributed by atoms with Crippen LogP contribution in [0.5, 0.6) is 0 Å². The highest BCUT2D eigenvalue weighted by Gasteiger charge is 2.22. The molecule has 0 atom stereocenters. The third-order valence-corrected chi connectivity index (χ3v) is 1.62. The second-order valence-corrected chi connectivity index (χ2v) is 2.62. The zero-order valence-electron chi connectivity index (χ0n) is 7.55. The lowest BCUT2D eigenvalue weighted by molar-refractivity contribution is -0.136. The van der Waals surface area contributed by atoms with E-state index in [1.807, 2.05) is 0 Å². The zero-order chi connectivity index (χ0) is 9.84. The molecule has 0 bridgehead atoms. The number of carbonyl (C=O) groups is 2. The van der Waals surface area contributed by atoms with Crippen molar-refractivity contribution in [3.63, 3.8) is 0 Å².